The number of hydrogen-bond donors (Lipinski definition) is 1. The summed E-state index contributed by atoms with van der Waals surface area (Å²) in [5.41, 5.74) is 20.1. The Balaban J connectivity index is 1.68. The second-order valence-electron chi connectivity index (χ2n) is 14.7. The fourth-order valence-electron chi connectivity index (χ4n) is 5.88. The highest BCUT2D eigenvalue weighted by atomic mass is 14.6. The van der Waals surface area contributed by atoms with Gasteiger partial charge in [0.1, 0.15) is 0 Å². The maximum absolute atomic E-state index is 6.68. The molecule has 0 saturated heterocycles. The molecule has 0 fully saturated rings. The van der Waals surface area contributed by atoms with Gasteiger partial charge >= 0.3 is 0 Å². The molecule has 1 heteroatoms. The van der Waals surface area contributed by atoms with E-state index in [9.17, 15) is 0 Å². The summed E-state index contributed by atoms with van der Waals surface area (Å²) in [7, 11) is 0. The zero-order valence-corrected chi connectivity index (χ0v) is 27.0. The first-order valence-electron chi connectivity index (χ1n) is 15.3. The average Bonchev–Trinajstić information content (AvgIpc) is 2.95. The highest BCUT2D eigenvalue weighted by Crippen LogP contribution is 2.41. The lowest BCUT2D eigenvalue weighted by Crippen LogP contribution is -2.27. The lowest BCUT2D eigenvalue weighted by atomic mass is 9.71. The Bertz CT molecular complexity index is 1570. The minimum atomic E-state index is -0.0279. The van der Waals surface area contributed by atoms with Crippen LogP contribution in [0.5, 0.6) is 0 Å². The minimum absolute atomic E-state index is 0.0279. The average molecular weight is 554 g/mol. The van der Waals surface area contributed by atoms with Gasteiger partial charge in [0.15, 0.2) is 0 Å². The summed E-state index contributed by atoms with van der Waals surface area (Å²) in [5, 5.41) is 0. The maximum Gasteiger partial charge on any atom is 0.0390 e. The van der Waals surface area contributed by atoms with Crippen molar-refractivity contribution in [2.24, 2.45) is 11.7 Å². The monoisotopic (exact) mass is 553 g/mol. The third-order valence-corrected chi connectivity index (χ3v) is 9.27. The van der Waals surface area contributed by atoms with Crippen LogP contribution < -0.4 is 5.73 Å². The van der Waals surface area contributed by atoms with E-state index >= 15 is 0 Å². The second kappa shape index (κ2) is 10.8. The molecule has 0 aromatic heterocycles. The molecule has 0 heterocycles. The SMILES string of the molecule is CC1/C=C\C=C(/N)c2cc(-c3cc(-c4ccc(C(C)(C)C)cc4)cc(-c4ccc(C(C)(C)C)cc4)c3)ccc2C1(C)C. The molecule has 42 heavy (non-hydrogen) atoms. The fraction of sp³-hybridized carbons (Fsp3) is 0.317. The molecule has 0 bridgehead atoms. The molecule has 0 aliphatic heterocycles. The number of benzene rings is 4. The largest absolute Gasteiger partial charge is 0.398 e. The van der Waals surface area contributed by atoms with Crippen LogP contribution in [0.15, 0.2) is 103 Å². The summed E-state index contributed by atoms with van der Waals surface area (Å²) in [4.78, 5) is 0. The summed E-state index contributed by atoms with van der Waals surface area (Å²) in [6.07, 6.45) is 6.41. The van der Waals surface area contributed by atoms with E-state index in [1.54, 1.807) is 0 Å². The zero-order valence-electron chi connectivity index (χ0n) is 27.0. The topological polar surface area (TPSA) is 26.0 Å². The molecule has 1 atom stereocenters. The summed E-state index contributed by atoms with van der Waals surface area (Å²) < 4.78 is 0. The minimum Gasteiger partial charge on any atom is -0.398 e. The Hall–Kier alpha value is -3.84. The van der Waals surface area contributed by atoms with Gasteiger partial charge in [-0.3, -0.25) is 0 Å². The third kappa shape index (κ3) is 5.88. The van der Waals surface area contributed by atoms with Crippen molar-refractivity contribution in [3.8, 4) is 33.4 Å². The van der Waals surface area contributed by atoms with E-state index in [1.165, 1.54) is 50.1 Å². The van der Waals surface area contributed by atoms with Gasteiger partial charge in [-0.1, -0.05) is 135 Å². The van der Waals surface area contributed by atoms with Crippen LogP contribution in [-0.4, -0.2) is 0 Å². The fourth-order valence-corrected chi connectivity index (χ4v) is 5.88. The molecule has 216 valence electrons. The van der Waals surface area contributed by atoms with E-state index in [1.807, 2.05) is 6.08 Å². The number of fused-ring (bicyclic) bond motifs is 1. The van der Waals surface area contributed by atoms with Crippen molar-refractivity contribution in [3.05, 3.63) is 125 Å². The molecule has 0 amide bonds. The number of rotatable bonds is 3. The van der Waals surface area contributed by atoms with Gasteiger partial charge in [0, 0.05) is 11.3 Å². The van der Waals surface area contributed by atoms with E-state index < -0.39 is 0 Å². The maximum atomic E-state index is 6.68. The Morgan fingerprint density at radius 1 is 0.571 bits per heavy atom. The predicted molar refractivity (Wildman–Crippen MR) is 184 cm³/mol. The lowest BCUT2D eigenvalue weighted by molar-refractivity contribution is 0.408. The quantitative estimate of drug-likeness (QED) is 0.268. The van der Waals surface area contributed by atoms with Crippen LogP contribution >= 0.6 is 0 Å². The Morgan fingerprint density at radius 2 is 1.00 bits per heavy atom. The molecule has 2 N–H and O–H groups in total. The first kappa shape index (κ1) is 29.6. The van der Waals surface area contributed by atoms with E-state index in [2.05, 4.69) is 159 Å². The normalized spacial score (nSPS) is 18.8. The standard InChI is InChI=1S/C41H47N/c1-27-11-10-12-38(42)36-26-30(17-22-37(36)41(27,8)9)33-24-31(28-13-18-34(19-14-28)39(2,3)4)23-32(25-33)29-15-20-35(21-16-29)40(5,6)7/h10-27H,42H2,1-9H3/b11-10-,38-12-. The summed E-state index contributed by atoms with van der Waals surface area (Å²) >= 11 is 0. The first-order valence-corrected chi connectivity index (χ1v) is 15.3. The van der Waals surface area contributed by atoms with Gasteiger partial charge in [0.25, 0.3) is 0 Å². The van der Waals surface area contributed by atoms with E-state index in [0.717, 1.165) is 11.3 Å². The molecule has 4 aromatic carbocycles. The molecule has 1 aliphatic rings. The Kier molecular flexibility index (Phi) is 7.60. The van der Waals surface area contributed by atoms with Crippen molar-refractivity contribution < 1.29 is 0 Å². The molecule has 0 saturated carbocycles. The first-order chi connectivity index (χ1) is 19.6. The van der Waals surface area contributed by atoms with Crippen LogP contribution in [0.2, 0.25) is 0 Å². The van der Waals surface area contributed by atoms with Crippen LogP contribution in [0.1, 0.15) is 84.6 Å². The lowest BCUT2D eigenvalue weighted by Gasteiger charge is -2.34. The number of allylic oxidation sites excluding steroid dienone is 3. The second-order valence-corrected chi connectivity index (χ2v) is 14.7. The Labute approximate surface area is 254 Å². The molecule has 1 nitrogen and oxygen atoms in total. The summed E-state index contributed by atoms with van der Waals surface area (Å²) in [5.74, 6) is 0.397. The van der Waals surface area contributed by atoms with Gasteiger partial charge in [-0.15, -0.1) is 0 Å². The van der Waals surface area contributed by atoms with Crippen LogP contribution in [0, 0.1) is 5.92 Å². The van der Waals surface area contributed by atoms with Gasteiger partial charge < -0.3 is 5.73 Å². The van der Waals surface area contributed by atoms with Gasteiger partial charge in [-0.05, 0) is 103 Å². The van der Waals surface area contributed by atoms with Crippen molar-refractivity contribution in [2.45, 2.75) is 78.6 Å². The predicted octanol–water partition coefficient (Wildman–Crippen LogP) is 11.1. The van der Waals surface area contributed by atoms with Gasteiger partial charge in [0.05, 0.1) is 0 Å². The summed E-state index contributed by atoms with van der Waals surface area (Å²) in [6.45, 7) is 20.5. The van der Waals surface area contributed by atoms with Crippen molar-refractivity contribution in [1.29, 1.82) is 0 Å². The number of hydrogen-bond acceptors (Lipinski definition) is 1. The Morgan fingerprint density at radius 3 is 1.45 bits per heavy atom. The van der Waals surface area contributed by atoms with Gasteiger partial charge in [-0.2, -0.15) is 0 Å². The highest BCUT2D eigenvalue weighted by Gasteiger charge is 2.30. The van der Waals surface area contributed by atoms with Gasteiger partial charge in [0.2, 0.25) is 0 Å². The third-order valence-electron chi connectivity index (χ3n) is 9.27. The van der Waals surface area contributed by atoms with E-state index in [-0.39, 0.29) is 16.2 Å². The zero-order chi connectivity index (χ0) is 30.4. The molecule has 1 unspecified atom stereocenters. The van der Waals surface area contributed by atoms with Crippen LogP contribution in [0.4, 0.5) is 0 Å². The van der Waals surface area contributed by atoms with Crippen LogP contribution in [0.3, 0.4) is 0 Å². The van der Waals surface area contributed by atoms with Crippen molar-refractivity contribution >= 4 is 5.70 Å². The van der Waals surface area contributed by atoms with Crippen molar-refractivity contribution in [3.63, 3.8) is 0 Å². The molecule has 1 aliphatic carbocycles. The van der Waals surface area contributed by atoms with E-state index in [4.69, 9.17) is 5.73 Å². The molecule has 0 radical (unpaired) electrons. The molecule has 5 rings (SSSR count). The summed E-state index contributed by atoms with van der Waals surface area (Å²) in [6, 6.07) is 32.0. The highest BCUT2D eigenvalue weighted by molar-refractivity contribution is 5.83. The van der Waals surface area contributed by atoms with Gasteiger partial charge in [-0.25, -0.2) is 0 Å². The van der Waals surface area contributed by atoms with Crippen LogP contribution in [-0.2, 0) is 16.2 Å². The van der Waals surface area contributed by atoms with Crippen LogP contribution in [0.25, 0.3) is 39.1 Å². The number of nitrogens with two attached hydrogens (primary N) is 1. The smallest absolute Gasteiger partial charge is 0.0390 e. The van der Waals surface area contributed by atoms with Crippen molar-refractivity contribution in [1.82, 2.24) is 0 Å². The molecule has 0 spiro atoms. The van der Waals surface area contributed by atoms with E-state index in [0.29, 0.717) is 5.92 Å². The molecular formula is C41H47N. The van der Waals surface area contributed by atoms with Crippen molar-refractivity contribution in [2.75, 3.05) is 0 Å². The molecular weight excluding hydrogens is 506 g/mol. The molecule has 4 aromatic rings.